The molecule has 0 spiro atoms. The molecule has 0 bridgehead atoms. The number of rotatable bonds is 7. The summed E-state index contributed by atoms with van der Waals surface area (Å²) >= 11 is 0. The summed E-state index contributed by atoms with van der Waals surface area (Å²) in [6, 6.07) is 16.5. The van der Waals surface area contributed by atoms with E-state index >= 15 is 0 Å². The molecule has 2 N–H and O–H groups in total. The Morgan fingerprint density at radius 3 is 1.65 bits per heavy atom. The molecule has 0 amide bonds. The summed E-state index contributed by atoms with van der Waals surface area (Å²) in [5.41, 5.74) is 4.83. The Kier molecular flexibility index (Phi) is 5.59. The number of hydrogen-bond donors (Lipinski definition) is 1. The molecular formula is C17H20NO4P. The van der Waals surface area contributed by atoms with E-state index in [-0.39, 0.29) is 5.78 Å². The predicted molar refractivity (Wildman–Crippen MR) is 89.9 cm³/mol. The molecule has 5 nitrogen and oxygen atoms in total. The lowest BCUT2D eigenvalue weighted by Gasteiger charge is -2.28. The van der Waals surface area contributed by atoms with Crippen molar-refractivity contribution in [1.82, 2.24) is 0 Å². The number of para-hydroxylation sites is 2. The van der Waals surface area contributed by atoms with E-state index in [9.17, 15) is 9.36 Å². The van der Waals surface area contributed by atoms with Gasteiger partial charge in [0.1, 0.15) is 17.3 Å². The minimum atomic E-state index is -3.86. The van der Waals surface area contributed by atoms with Crippen molar-refractivity contribution in [2.24, 2.45) is 5.73 Å². The Bertz CT molecular complexity index is 643. The van der Waals surface area contributed by atoms with Gasteiger partial charge in [-0.2, -0.15) is 0 Å². The average molecular weight is 333 g/mol. The molecule has 0 saturated heterocycles. The zero-order valence-corrected chi connectivity index (χ0v) is 14.0. The van der Waals surface area contributed by atoms with Crippen LogP contribution in [-0.2, 0) is 9.36 Å². The molecule has 0 heterocycles. The normalized spacial score (nSPS) is 13.9. The third-order valence-electron chi connectivity index (χ3n) is 3.21. The van der Waals surface area contributed by atoms with Gasteiger partial charge in [0.25, 0.3) is 0 Å². The molecule has 23 heavy (non-hydrogen) atoms. The maximum absolute atomic E-state index is 13.4. The lowest BCUT2D eigenvalue weighted by molar-refractivity contribution is -0.117. The van der Waals surface area contributed by atoms with Gasteiger partial charge in [0.15, 0.2) is 5.66 Å². The van der Waals surface area contributed by atoms with Gasteiger partial charge in [-0.3, -0.25) is 4.79 Å². The van der Waals surface area contributed by atoms with E-state index in [1.807, 2.05) is 12.1 Å². The Morgan fingerprint density at radius 1 is 0.957 bits per heavy atom. The molecule has 0 radical (unpaired) electrons. The maximum atomic E-state index is 13.4. The van der Waals surface area contributed by atoms with Gasteiger partial charge in [-0.05, 0) is 38.1 Å². The molecule has 122 valence electrons. The number of ketones is 1. The smallest absolute Gasteiger partial charge is 0.416 e. The van der Waals surface area contributed by atoms with E-state index in [2.05, 4.69) is 0 Å². The van der Waals surface area contributed by atoms with Crippen molar-refractivity contribution in [2.45, 2.75) is 25.5 Å². The van der Waals surface area contributed by atoms with E-state index in [1.54, 1.807) is 55.5 Å². The minimum absolute atomic E-state index is 0.338. The highest BCUT2D eigenvalue weighted by Gasteiger charge is 2.45. The zero-order chi connectivity index (χ0) is 16.9. The standard InChI is InChI=1S/C17H20NO4P/c1-13(18)17(14(2)19)23(20,21-15-9-5-3-6-10-15)22-16-11-7-4-8-12-16/h3-13,17H,18H2,1-2H3. The third-order valence-corrected chi connectivity index (χ3v) is 5.65. The summed E-state index contributed by atoms with van der Waals surface area (Å²) in [6.07, 6.45) is 0. The van der Waals surface area contributed by atoms with Crippen LogP contribution in [0.2, 0.25) is 0 Å². The zero-order valence-electron chi connectivity index (χ0n) is 13.1. The summed E-state index contributed by atoms with van der Waals surface area (Å²) < 4.78 is 24.6. The van der Waals surface area contributed by atoms with Crippen molar-refractivity contribution >= 4 is 13.4 Å². The minimum Gasteiger partial charge on any atom is -0.416 e. The topological polar surface area (TPSA) is 78.6 Å². The number of benzene rings is 2. The van der Waals surface area contributed by atoms with Crippen LogP contribution in [0, 0.1) is 0 Å². The molecule has 0 aliphatic rings. The highest BCUT2D eigenvalue weighted by molar-refractivity contribution is 7.56. The summed E-state index contributed by atoms with van der Waals surface area (Å²) in [4.78, 5) is 12.0. The lowest BCUT2D eigenvalue weighted by Crippen LogP contribution is -2.39. The van der Waals surface area contributed by atoms with E-state index < -0.39 is 19.3 Å². The first kappa shape index (κ1) is 17.3. The number of hydrogen-bond acceptors (Lipinski definition) is 5. The number of carbonyl (C=O) groups is 1. The molecule has 2 atom stereocenters. The largest absolute Gasteiger partial charge is 0.442 e. The first-order valence-electron chi connectivity index (χ1n) is 7.27. The monoisotopic (exact) mass is 333 g/mol. The van der Waals surface area contributed by atoms with Gasteiger partial charge in [0.05, 0.1) is 0 Å². The summed E-state index contributed by atoms with van der Waals surface area (Å²) in [7, 11) is -3.86. The van der Waals surface area contributed by atoms with Crippen LogP contribution in [0.3, 0.4) is 0 Å². The second-order valence-corrected chi connectivity index (χ2v) is 7.26. The van der Waals surface area contributed by atoms with Crippen molar-refractivity contribution in [3.63, 3.8) is 0 Å². The van der Waals surface area contributed by atoms with Gasteiger partial charge in [-0.25, -0.2) is 4.57 Å². The van der Waals surface area contributed by atoms with Gasteiger partial charge < -0.3 is 14.8 Å². The Hall–Kier alpha value is -2.10. The Labute approximate surface area is 136 Å². The fourth-order valence-corrected chi connectivity index (χ4v) is 4.39. The van der Waals surface area contributed by atoms with Crippen molar-refractivity contribution < 1.29 is 18.4 Å². The molecule has 2 rings (SSSR count). The molecule has 6 heteroatoms. The molecular weight excluding hydrogens is 313 g/mol. The molecule has 0 aliphatic carbocycles. The van der Waals surface area contributed by atoms with Crippen LogP contribution in [0.15, 0.2) is 60.7 Å². The van der Waals surface area contributed by atoms with Crippen molar-refractivity contribution in [3.05, 3.63) is 60.7 Å². The fraction of sp³-hybridized carbons (Fsp3) is 0.235. The molecule has 0 aliphatic heterocycles. The quantitative estimate of drug-likeness (QED) is 0.783. The second kappa shape index (κ2) is 7.44. The van der Waals surface area contributed by atoms with Crippen LogP contribution in [0.4, 0.5) is 0 Å². The van der Waals surface area contributed by atoms with Crippen LogP contribution < -0.4 is 14.8 Å². The van der Waals surface area contributed by atoms with Crippen LogP contribution >= 0.6 is 7.60 Å². The lowest BCUT2D eigenvalue weighted by atomic mass is 10.2. The highest BCUT2D eigenvalue weighted by Crippen LogP contribution is 2.53. The molecule has 2 aromatic carbocycles. The number of Topliss-reactive ketones (excluding diaryl/α,β-unsaturated/α-hetero) is 1. The molecule has 0 fully saturated rings. The first-order chi connectivity index (χ1) is 10.9. The highest BCUT2D eigenvalue weighted by atomic mass is 31.2. The van der Waals surface area contributed by atoms with Crippen LogP contribution in [-0.4, -0.2) is 17.5 Å². The first-order valence-corrected chi connectivity index (χ1v) is 8.88. The SMILES string of the molecule is CC(=O)C(C(C)N)P(=O)(Oc1ccccc1)Oc1ccccc1. The molecule has 0 saturated carbocycles. The van der Waals surface area contributed by atoms with Gasteiger partial charge in [-0.15, -0.1) is 0 Å². The van der Waals surface area contributed by atoms with E-state index in [4.69, 9.17) is 14.8 Å². The Balaban J connectivity index is 2.40. The van der Waals surface area contributed by atoms with Crippen molar-refractivity contribution in [1.29, 1.82) is 0 Å². The third kappa shape index (κ3) is 4.44. The summed E-state index contributed by atoms with van der Waals surface area (Å²) in [6.45, 7) is 2.95. The maximum Gasteiger partial charge on any atom is 0.442 e. The molecule has 2 aromatic rings. The van der Waals surface area contributed by atoms with Crippen LogP contribution in [0.5, 0.6) is 11.5 Å². The van der Waals surface area contributed by atoms with Gasteiger partial charge in [0.2, 0.25) is 0 Å². The average Bonchev–Trinajstić information content (AvgIpc) is 2.47. The van der Waals surface area contributed by atoms with Gasteiger partial charge in [0, 0.05) is 6.04 Å². The van der Waals surface area contributed by atoms with Gasteiger partial charge in [-0.1, -0.05) is 36.4 Å². The summed E-state index contributed by atoms with van der Waals surface area (Å²) in [5, 5.41) is 0. The fourth-order valence-electron chi connectivity index (χ4n) is 2.27. The number of nitrogens with two attached hydrogens (primary N) is 1. The van der Waals surface area contributed by atoms with E-state index in [1.165, 1.54) is 6.92 Å². The predicted octanol–water partition coefficient (Wildman–Crippen LogP) is 3.64. The van der Waals surface area contributed by atoms with Crippen molar-refractivity contribution in [2.75, 3.05) is 0 Å². The van der Waals surface area contributed by atoms with E-state index in [0.717, 1.165) is 0 Å². The second-order valence-electron chi connectivity index (χ2n) is 5.26. The Morgan fingerprint density at radius 2 is 1.35 bits per heavy atom. The van der Waals surface area contributed by atoms with E-state index in [0.29, 0.717) is 11.5 Å². The van der Waals surface area contributed by atoms with Gasteiger partial charge >= 0.3 is 7.60 Å². The molecule has 2 unspecified atom stereocenters. The molecule has 0 aromatic heterocycles. The summed E-state index contributed by atoms with van der Waals surface area (Å²) in [5.74, 6) is 0.382. The van der Waals surface area contributed by atoms with Crippen LogP contribution in [0.25, 0.3) is 0 Å². The number of carbonyl (C=O) groups excluding carboxylic acids is 1. The van der Waals surface area contributed by atoms with Crippen LogP contribution in [0.1, 0.15) is 13.8 Å². The van der Waals surface area contributed by atoms with Crippen molar-refractivity contribution in [3.8, 4) is 11.5 Å².